The Kier molecular flexibility index (Phi) is 6.43. The van der Waals surface area contributed by atoms with Gasteiger partial charge in [-0.15, -0.1) is 0 Å². The normalized spacial score (nSPS) is 15.7. The van der Waals surface area contributed by atoms with Gasteiger partial charge in [0.1, 0.15) is 5.69 Å². The van der Waals surface area contributed by atoms with Gasteiger partial charge in [0.25, 0.3) is 5.91 Å². The topological polar surface area (TPSA) is 67.5 Å². The third-order valence-electron chi connectivity index (χ3n) is 6.27. The van der Waals surface area contributed by atoms with Crippen LogP contribution in [0.1, 0.15) is 74.3 Å². The molecule has 1 aliphatic heterocycles. The van der Waals surface area contributed by atoms with Crippen molar-refractivity contribution in [1.82, 2.24) is 15.1 Å². The molecule has 6 nitrogen and oxygen atoms in total. The van der Waals surface area contributed by atoms with E-state index >= 15 is 0 Å². The first-order valence-corrected chi connectivity index (χ1v) is 11.9. The summed E-state index contributed by atoms with van der Waals surface area (Å²) >= 11 is 0. The van der Waals surface area contributed by atoms with Gasteiger partial charge in [-0.3, -0.25) is 9.89 Å². The Morgan fingerprint density at radius 2 is 1.79 bits per heavy atom. The molecular weight excluding hydrogens is 426 g/mol. The second-order valence-corrected chi connectivity index (χ2v) is 10.4. The van der Waals surface area contributed by atoms with Crippen molar-refractivity contribution in [3.63, 3.8) is 0 Å². The zero-order chi connectivity index (χ0) is 24.6. The van der Waals surface area contributed by atoms with E-state index in [1.54, 1.807) is 7.11 Å². The molecule has 1 aliphatic rings. The Labute approximate surface area is 202 Å². The van der Waals surface area contributed by atoms with Crippen LogP contribution in [-0.4, -0.2) is 40.3 Å². The van der Waals surface area contributed by atoms with E-state index in [1.165, 1.54) is 5.56 Å². The van der Waals surface area contributed by atoms with Crippen molar-refractivity contribution in [1.29, 1.82) is 0 Å². The van der Waals surface area contributed by atoms with E-state index in [0.29, 0.717) is 29.7 Å². The largest absolute Gasteiger partial charge is 0.493 e. The number of ether oxygens (including phenoxy) is 2. The number of aryl methyl sites for hydroxylation is 1. The van der Waals surface area contributed by atoms with Crippen molar-refractivity contribution in [2.75, 3.05) is 13.7 Å². The number of hydrogen-bond donors (Lipinski definition) is 1. The van der Waals surface area contributed by atoms with Gasteiger partial charge in [0.05, 0.1) is 25.5 Å². The highest BCUT2D eigenvalue weighted by molar-refractivity contribution is 6.00. The van der Waals surface area contributed by atoms with Crippen molar-refractivity contribution in [2.45, 2.75) is 59.5 Å². The van der Waals surface area contributed by atoms with Gasteiger partial charge in [0.2, 0.25) is 0 Å². The molecule has 0 bridgehead atoms. The zero-order valence-electron chi connectivity index (χ0n) is 21.2. The van der Waals surface area contributed by atoms with Crippen molar-refractivity contribution < 1.29 is 14.3 Å². The molecule has 180 valence electrons. The highest BCUT2D eigenvalue weighted by Crippen LogP contribution is 2.47. The summed E-state index contributed by atoms with van der Waals surface area (Å²) in [6, 6.07) is 13.9. The first kappa shape index (κ1) is 23.9. The molecule has 3 aromatic rings. The number of hydrogen-bond acceptors (Lipinski definition) is 4. The number of benzene rings is 2. The van der Waals surface area contributed by atoms with Crippen LogP contribution >= 0.6 is 0 Å². The number of amides is 1. The summed E-state index contributed by atoms with van der Waals surface area (Å²) in [6.07, 6.45) is 0.970. The molecule has 1 amide bonds. The van der Waals surface area contributed by atoms with E-state index < -0.39 is 5.54 Å². The van der Waals surface area contributed by atoms with E-state index in [0.717, 1.165) is 28.8 Å². The predicted molar refractivity (Wildman–Crippen MR) is 134 cm³/mol. The molecule has 34 heavy (non-hydrogen) atoms. The van der Waals surface area contributed by atoms with Crippen LogP contribution in [0.5, 0.6) is 11.5 Å². The Balaban J connectivity index is 1.80. The van der Waals surface area contributed by atoms with Gasteiger partial charge in [-0.05, 0) is 57.7 Å². The number of rotatable bonds is 7. The summed E-state index contributed by atoms with van der Waals surface area (Å²) in [6.45, 7) is 13.2. The van der Waals surface area contributed by atoms with E-state index in [-0.39, 0.29) is 11.9 Å². The standard InChI is InChI=1S/C28H35N3O3/c1-17(2)14-15-34-21-13-12-20(16-22(21)33-7)26-23-24(19-10-8-18(3)9-11-19)29-30-25(23)27(32)31(26)28(4,5)6/h8-13,16-17,26H,14-15H2,1-7H3,(H,29,30). The maximum absolute atomic E-state index is 13.6. The lowest BCUT2D eigenvalue weighted by molar-refractivity contribution is 0.0545. The van der Waals surface area contributed by atoms with Crippen molar-refractivity contribution >= 4 is 5.91 Å². The number of aromatic nitrogens is 2. The molecule has 0 saturated carbocycles. The van der Waals surface area contributed by atoms with Gasteiger partial charge < -0.3 is 14.4 Å². The number of methoxy groups -OCH3 is 1. The molecule has 0 radical (unpaired) electrons. The van der Waals surface area contributed by atoms with Gasteiger partial charge in [0, 0.05) is 16.7 Å². The summed E-state index contributed by atoms with van der Waals surface area (Å²) in [5.74, 6) is 1.89. The van der Waals surface area contributed by atoms with Gasteiger partial charge in [-0.2, -0.15) is 5.10 Å². The second-order valence-electron chi connectivity index (χ2n) is 10.4. The average molecular weight is 462 g/mol. The van der Waals surface area contributed by atoms with E-state index in [2.05, 4.69) is 76.0 Å². The molecule has 0 saturated heterocycles. The summed E-state index contributed by atoms with van der Waals surface area (Å²) < 4.78 is 11.7. The quantitative estimate of drug-likeness (QED) is 0.457. The Morgan fingerprint density at radius 3 is 2.41 bits per heavy atom. The van der Waals surface area contributed by atoms with Gasteiger partial charge >= 0.3 is 0 Å². The lowest BCUT2D eigenvalue weighted by Crippen LogP contribution is -2.44. The van der Waals surface area contributed by atoms with E-state index in [4.69, 9.17) is 9.47 Å². The number of carbonyl (C=O) groups excluding carboxylic acids is 1. The molecule has 1 unspecified atom stereocenters. The molecule has 0 spiro atoms. The summed E-state index contributed by atoms with van der Waals surface area (Å²) in [4.78, 5) is 15.5. The van der Waals surface area contributed by atoms with Crippen LogP contribution in [0.25, 0.3) is 11.3 Å². The Bertz CT molecular complexity index is 1170. The average Bonchev–Trinajstić information content (AvgIpc) is 3.33. The lowest BCUT2D eigenvalue weighted by atomic mass is 9.93. The fourth-order valence-corrected chi connectivity index (χ4v) is 4.46. The molecule has 0 fully saturated rings. The Morgan fingerprint density at radius 1 is 1.09 bits per heavy atom. The number of carbonyl (C=O) groups is 1. The summed E-state index contributed by atoms with van der Waals surface area (Å²) in [5, 5.41) is 7.60. The molecule has 1 atom stereocenters. The molecule has 1 N–H and O–H groups in total. The van der Waals surface area contributed by atoms with Gasteiger partial charge in [0.15, 0.2) is 11.5 Å². The molecule has 2 aromatic carbocycles. The smallest absolute Gasteiger partial charge is 0.273 e. The number of aromatic amines is 1. The first-order chi connectivity index (χ1) is 16.1. The third kappa shape index (κ3) is 4.41. The van der Waals surface area contributed by atoms with E-state index in [1.807, 2.05) is 23.1 Å². The van der Waals surface area contributed by atoms with Crippen LogP contribution in [-0.2, 0) is 0 Å². The molecule has 1 aromatic heterocycles. The van der Waals surface area contributed by atoms with E-state index in [9.17, 15) is 4.79 Å². The summed E-state index contributed by atoms with van der Waals surface area (Å²) in [5.41, 5.74) is 4.98. The zero-order valence-corrected chi connectivity index (χ0v) is 21.2. The lowest BCUT2D eigenvalue weighted by Gasteiger charge is -2.38. The minimum atomic E-state index is -0.397. The van der Waals surface area contributed by atoms with Gasteiger partial charge in [-0.1, -0.05) is 49.7 Å². The van der Waals surface area contributed by atoms with Crippen LogP contribution in [0, 0.1) is 12.8 Å². The minimum absolute atomic E-state index is 0.0467. The molecule has 6 heteroatoms. The number of H-pyrrole nitrogens is 1. The second kappa shape index (κ2) is 9.16. The first-order valence-electron chi connectivity index (χ1n) is 11.9. The SMILES string of the molecule is COc1cc(C2c3c(-c4ccc(C)cc4)n[nH]c3C(=O)N2C(C)(C)C)ccc1OCCC(C)C. The fourth-order valence-electron chi connectivity index (χ4n) is 4.46. The highest BCUT2D eigenvalue weighted by atomic mass is 16.5. The number of fused-ring (bicyclic) bond motifs is 1. The fraction of sp³-hybridized carbons (Fsp3) is 0.429. The molecular formula is C28H35N3O3. The maximum Gasteiger partial charge on any atom is 0.273 e. The maximum atomic E-state index is 13.6. The molecule has 4 rings (SSSR count). The van der Waals surface area contributed by atoms with Crippen molar-refractivity contribution in [3.05, 3.63) is 64.8 Å². The molecule has 0 aliphatic carbocycles. The highest BCUT2D eigenvalue weighted by Gasteiger charge is 2.46. The van der Waals surface area contributed by atoms with Crippen LogP contribution in [0.4, 0.5) is 0 Å². The number of nitrogens with one attached hydrogen (secondary N) is 1. The third-order valence-corrected chi connectivity index (χ3v) is 6.27. The van der Waals surface area contributed by atoms with Crippen LogP contribution in [0.3, 0.4) is 0 Å². The minimum Gasteiger partial charge on any atom is -0.493 e. The summed E-state index contributed by atoms with van der Waals surface area (Å²) in [7, 11) is 1.65. The van der Waals surface area contributed by atoms with Crippen molar-refractivity contribution in [3.8, 4) is 22.8 Å². The van der Waals surface area contributed by atoms with Crippen LogP contribution < -0.4 is 9.47 Å². The number of nitrogens with zero attached hydrogens (tertiary/aromatic N) is 2. The predicted octanol–water partition coefficient (Wildman–Crippen LogP) is 6.16. The molecule has 2 heterocycles. The Hall–Kier alpha value is -3.28. The van der Waals surface area contributed by atoms with Gasteiger partial charge in [-0.25, -0.2) is 0 Å². The van der Waals surface area contributed by atoms with Crippen LogP contribution in [0.15, 0.2) is 42.5 Å². The monoisotopic (exact) mass is 461 g/mol. The van der Waals surface area contributed by atoms with Crippen molar-refractivity contribution in [2.24, 2.45) is 5.92 Å². The van der Waals surface area contributed by atoms with Crippen LogP contribution in [0.2, 0.25) is 0 Å².